The lowest BCUT2D eigenvalue weighted by atomic mass is 9.88. The highest BCUT2D eigenvalue weighted by molar-refractivity contribution is 7.09. The largest absolute Gasteiger partial charge is 0.308 e. The van der Waals surface area contributed by atoms with Crippen LogP contribution in [0.5, 0.6) is 0 Å². The lowest BCUT2D eigenvalue weighted by Gasteiger charge is -2.27. The maximum absolute atomic E-state index is 4.62. The van der Waals surface area contributed by atoms with E-state index in [1.165, 1.54) is 10.7 Å². The number of nitrogens with one attached hydrogen (secondary N) is 1. The second kappa shape index (κ2) is 5.28. The predicted octanol–water partition coefficient (Wildman–Crippen LogP) is 3.79. The van der Waals surface area contributed by atoms with Gasteiger partial charge in [-0.1, -0.05) is 34.6 Å². The Morgan fingerprint density at radius 2 is 1.94 bits per heavy atom. The zero-order valence-corrected chi connectivity index (χ0v) is 12.1. The van der Waals surface area contributed by atoms with Crippen molar-refractivity contribution in [3.05, 3.63) is 16.1 Å². The summed E-state index contributed by atoms with van der Waals surface area (Å²) in [6.07, 6.45) is 0. The lowest BCUT2D eigenvalue weighted by molar-refractivity contribution is 0.284. The van der Waals surface area contributed by atoms with Gasteiger partial charge in [0, 0.05) is 23.9 Å². The molecule has 0 saturated heterocycles. The fraction of sp³-hybridized carbons (Fsp3) is 0.769. The van der Waals surface area contributed by atoms with Gasteiger partial charge in [-0.2, -0.15) is 0 Å². The topological polar surface area (TPSA) is 24.9 Å². The molecule has 0 aliphatic heterocycles. The van der Waals surface area contributed by atoms with Gasteiger partial charge in [0.2, 0.25) is 0 Å². The maximum Gasteiger partial charge on any atom is 0.0954 e. The van der Waals surface area contributed by atoms with Crippen molar-refractivity contribution in [2.45, 2.75) is 60.0 Å². The third-order valence-corrected chi connectivity index (χ3v) is 4.15. The van der Waals surface area contributed by atoms with Crippen LogP contribution in [0.3, 0.4) is 0 Å². The summed E-state index contributed by atoms with van der Waals surface area (Å²) in [4.78, 5) is 4.62. The Balaban J connectivity index is 2.49. The Labute approximate surface area is 103 Å². The third kappa shape index (κ3) is 3.87. The van der Waals surface area contributed by atoms with Crippen LogP contribution in [0.15, 0.2) is 5.38 Å². The minimum Gasteiger partial charge on any atom is -0.308 e. The van der Waals surface area contributed by atoms with Gasteiger partial charge in [-0.05, 0) is 12.3 Å². The van der Waals surface area contributed by atoms with Crippen molar-refractivity contribution < 1.29 is 0 Å². The number of hydrogen-bond donors (Lipinski definition) is 1. The first-order chi connectivity index (χ1) is 7.30. The molecule has 1 unspecified atom stereocenters. The van der Waals surface area contributed by atoms with Gasteiger partial charge < -0.3 is 5.32 Å². The first kappa shape index (κ1) is 13.7. The molecule has 0 radical (unpaired) electrons. The quantitative estimate of drug-likeness (QED) is 0.866. The van der Waals surface area contributed by atoms with Gasteiger partial charge in [-0.25, -0.2) is 4.98 Å². The van der Waals surface area contributed by atoms with Crippen molar-refractivity contribution in [3.63, 3.8) is 0 Å². The summed E-state index contributed by atoms with van der Waals surface area (Å²) in [6.45, 7) is 14.3. The number of nitrogens with zero attached hydrogens (tertiary/aromatic N) is 1. The Bertz CT molecular complexity index is 323. The lowest BCUT2D eigenvalue weighted by Crippen LogP contribution is -2.37. The molecule has 1 heterocycles. The Morgan fingerprint density at radius 3 is 2.38 bits per heavy atom. The predicted molar refractivity (Wildman–Crippen MR) is 72.0 cm³/mol. The van der Waals surface area contributed by atoms with Gasteiger partial charge in [0.15, 0.2) is 0 Å². The Hall–Kier alpha value is -0.410. The highest BCUT2D eigenvalue weighted by Gasteiger charge is 2.19. The van der Waals surface area contributed by atoms with E-state index in [4.69, 9.17) is 0 Å². The van der Waals surface area contributed by atoms with Crippen LogP contribution in [0, 0.1) is 5.41 Å². The molecule has 16 heavy (non-hydrogen) atoms. The van der Waals surface area contributed by atoms with Gasteiger partial charge in [0.25, 0.3) is 0 Å². The van der Waals surface area contributed by atoms with E-state index >= 15 is 0 Å². The van der Waals surface area contributed by atoms with Gasteiger partial charge in [-0.3, -0.25) is 0 Å². The number of aromatic nitrogens is 1. The van der Waals surface area contributed by atoms with E-state index in [0.29, 0.717) is 17.4 Å². The van der Waals surface area contributed by atoms with Crippen LogP contribution in [0.2, 0.25) is 0 Å². The molecule has 1 rings (SSSR count). The van der Waals surface area contributed by atoms with Crippen LogP contribution in [-0.2, 0) is 6.54 Å². The molecular weight excluding hydrogens is 216 g/mol. The number of rotatable bonds is 4. The standard InChI is InChI=1S/C13H24N2S/c1-9(2)12-15-11(8-16-12)7-14-10(3)13(4,5)6/h8-10,14H,7H2,1-6H3. The molecule has 0 aromatic carbocycles. The van der Waals surface area contributed by atoms with Gasteiger partial charge in [-0.15, -0.1) is 11.3 Å². The Morgan fingerprint density at radius 1 is 1.31 bits per heavy atom. The van der Waals surface area contributed by atoms with Crippen molar-refractivity contribution >= 4 is 11.3 Å². The van der Waals surface area contributed by atoms with Crippen LogP contribution in [0.25, 0.3) is 0 Å². The molecule has 0 amide bonds. The van der Waals surface area contributed by atoms with E-state index < -0.39 is 0 Å². The zero-order valence-electron chi connectivity index (χ0n) is 11.3. The second-order valence-electron chi connectivity index (χ2n) is 5.80. The summed E-state index contributed by atoms with van der Waals surface area (Å²) in [5, 5.41) is 6.94. The van der Waals surface area contributed by atoms with Crippen LogP contribution in [-0.4, -0.2) is 11.0 Å². The summed E-state index contributed by atoms with van der Waals surface area (Å²) in [6, 6.07) is 0.497. The molecule has 0 fully saturated rings. The smallest absolute Gasteiger partial charge is 0.0954 e. The Kier molecular flexibility index (Phi) is 4.51. The van der Waals surface area contributed by atoms with E-state index in [1.54, 1.807) is 11.3 Å². The first-order valence-corrected chi connectivity index (χ1v) is 6.86. The molecule has 1 atom stereocenters. The summed E-state index contributed by atoms with van der Waals surface area (Å²) in [5.41, 5.74) is 1.47. The van der Waals surface area contributed by atoms with Gasteiger partial charge in [0.1, 0.15) is 0 Å². The molecule has 0 aliphatic rings. The number of thiazole rings is 1. The molecule has 0 spiro atoms. The van der Waals surface area contributed by atoms with Crippen molar-refractivity contribution in [1.82, 2.24) is 10.3 Å². The zero-order chi connectivity index (χ0) is 12.3. The summed E-state index contributed by atoms with van der Waals surface area (Å²) >= 11 is 1.77. The normalized spacial score (nSPS) is 14.4. The highest BCUT2D eigenvalue weighted by atomic mass is 32.1. The molecule has 0 saturated carbocycles. The van der Waals surface area contributed by atoms with Gasteiger partial charge in [0.05, 0.1) is 10.7 Å². The molecule has 2 nitrogen and oxygen atoms in total. The van der Waals surface area contributed by atoms with E-state index in [-0.39, 0.29) is 0 Å². The highest BCUT2D eigenvalue weighted by Crippen LogP contribution is 2.21. The molecule has 92 valence electrons. The average molecular weight is 240 g/mol. The summed E-state index contributed by atoms with van der Waals surface area (Å²) < 4.78 is 0. The van der Waals surface area contributed by atoms with E-state index in [9.17, 15) is 0 Å². The van der Waals surface area contributed by atoms with Crippen molar-refractivity contribution in [2.24, 2.45) is 5.41 Å². The number of hydrogen-bond acceptors (Lipinski definition) is 3. The fourth-order valence-electron chi connectivity index (χ4n) is 1.23. The molecule has 1 N–H and O–H groups in total. The van der Waals surface area contributed by atoms with Crippen LogP contribution < -0.4 is 5.32 Å². The molecule has 0 aliphatic carbocycles. The molecule has 1 aromatic rings. The van der Waals surface area contributed by atoms with Crippen LogP contribution in [0.4, 0.5) is 0 Å². The van der Waals surface area contributed by atoms with Gasteiger partial charge >= 0.3 is 0 Å². The van der Waals surface area contributed by atoms with Crippen molar-refractivity contribution in [1.29, 1.82) is 0 Å². The van der Waals surface area contributed by atoms with E-state index in [0.717, 1.165) is 6.54 Å². The monoisotopic (exact) mass is 240 g/mol. The summed E-state index contributed by atoms with van der Waals surface area (Å²) in [7, 11) is 0. The van der Waals surface area contributed by atoms with Crippen LogP contribution >= 0.6 is 11.3 Å². The SMILES string of the molecule is CC(C)c1nc(CNC(C)C(C)(C)C)cs1. The first-order valence-electron chi connectivity index (χ1n) is 5.98. The van der Waals surface area contributed by atoms with E-state index in [1.807, 2.05) is 0 Å². The molecular formula is C13H24N2S. The fourth-order valence-corrected chi connectivity index (χ4v) is 2.07. The average Bonchev–Trinajstić information content (AvgIpc) is 2.60. The van der Waals surface area contributed by atoms with Crippen LogP contribution in [0.1, 0.15) is 58.2 Å². The van der Waals surface area contributed by atoms with E-state index in [2.05, 4.69) is 57.2 Å². The van der Waals surface area contributed by atoms with Crippen molar-refractivity contribution in [2.75, 3.05) is 0 Å². The maximum atomic E-state index is 4.62. The molecule has 0 bridgehead atoms. The molecule has 3 heteroatoms. The minimum atomic E-state index is 0.302. The summed E-state index contributed by atoms with van der Waals surface area (Å²) in [5.74, 6) is 0.541. The molecule has 1 aromatic heterocycles. The van der Waals surface area contributed by atoms with Crippen molar-refractivity contribution in [3.8, 4) is 0 Å². The minimum absolute atomic E-state index is 0.302. The third-order valence-electron chi connectivity index (χ3n) is 2.95. The second-order valence-corrected chi connectivity index (χ2v) is 6.69.